The van der Waals surface area contributed by atoms with Crippen LogP contribution in [0.15, 0.2) is 22.7 Å². The van der Waals surface area contributed by atoms with Crippen LogP contribution in [0.2, 0.25) is 0 Å². The highest BCUT2D eigenvalue weighted by atomic mass is 16.5. The van der Waals surface area contributed by atoms with Crippen LogP contribution in [0.5, 0.6) is 0 Å². The highest BCUT2D eigenvalue weighted by molar-refractivity contribution is 5.88. The van der Waals surface area contributed by atoms with E-state index in [1.165, 1.54) is 4.90 Å². The standard InChI is InChI=1S/C17H23N5O4/c1-11-9-22(17(24)25)7-6-21(11)10-12-2-3-14-13(8-12)16(20-26-14)19-5-4-15(18)23/h2-3,8,11H,4-7,9-10H2,1H3,(H2,18,23)(H,19,20)(H,24,25)/t11-/m1/s1. The number of piperazine rings is 1. The van der Waals surface area contributed by atoms with Crippen LogP contribution in [-0.2, 0) is 11.3 Å². The van der Waals surface area contributed by atoms with Crippen LogP contribution in [0.25, 0.3) is 11.0 Å². The van der Waals surface area contributed by atoms with E-state index in [2.05, 4.69) is 15.4 Å². The molecule has 2 aromatic rings. The third kappa shape index (κ3) is 4.05. The van der Waals surface area contributed by atoms with Crippen molar-refractivity contribution < 1.29 is 19.2 Å². The molecule has 0 spiro atoms. The molecule has 0 aliphatic carbocycles. The summed E-state index contributed by atoms with van der Waals surface area (Å²) in [4.78, 5) is 25.7. The van der Waals surface area contributed by atoms with Gasteiger partial charge in [-0.2, -0.15) is 0 Å². The van der Waals surface area contributed by atoms with Gasteiger partial charge in [0, 0.05) is 45.2 Å². The van der Waals surface area contributed by atoms with Gasteiger partial charge in [0.1, 0.15) is 0 Å². The lowest BCUT2D eigenvalue weighted by atomic mass is 10.1. The molecular formula is C17H23N5O4. The van der Waals surface area contributed by atoms with Gasteiger partial charge < -0.3 is 25.6 Å². The number of carboxylic acid groups (broad SMARTS) is 1. The maximum atomic E-state index is 11.1. The number of nitrogens with two attached hydrogens (primary N) is 1. The zero-order chi connectivity index (χ0) is 18.7. The number of hydrogen-bond donors (Lipinski definition) is 3. The third-order valence-electron chi connectivity index (χ3n) is 4.62. The molecule has 2 amide bonds. The van der Waals surface area contributed by atoms with Gasteiger partial charge in [0.05, 0.1) is 5.39 Å². The number of fused-ring (bicyclic) bond motifs is 1. The van der Waals surface area contributed by atoms with Gasteiger partial charge in [-0.1, -0.05) is 11.2 Å². The summed E-state index contributed by atoms with van der Waals surface area (Å²) < 4.78 is 5.30. The minimum absolute atomic E-state index is 0.145. The molecule has 1 fully saturated rings. The zero-order valence-electron chi connectivity index (χ0n) is 14.6. The normalized spacial score (nSPS) is 18.2. The van der Waals surface area contributed by atoms with E-state index in [-0.39, 0.29) is 18.4 Å². The smallest absolute Gasteiger partial charge is 0.407 e. The average molecular weight is 361 g/mol. The lowest BCUT2D eigenvalue weighted by molar-refractivity contribution is -0.117. The lowest BCUT2D eigenvalue weighted by Crippen LogP contribution is -2.52. The fraction of sp³-hybridized carbons (Fsp3) is 0.471. The van der Waals surface area contributed by atoms with Gasteiger partial charge in [0.15, 0.2) is 11.4 Å². The summed E-state index contributed by atoms with van der Waals surface area (Å²) in [7, 11) is 0. The number of primary amides is 1. The first kappa shape index (κ1) is 18.0. The van der Waals surface area contributed by atoms with Gasteiger partial charge in [-0.15, -0.1) is 0 Å². The Morgan fingerprint density at radius 3 is 2.92 bits per heavy atom. The molecule has 0 radical (unpaired) electrons. The van der Waals surface area contributed by atoms with Crippen molar-refractivity contribution in [1.82, 2.24) is 15.0 Å². The molecule has 3 rings (SSSR count). The Hall–Kier alpha value is -2.81. The van der Waals surface area contributed by atoms with Crippen LogP contribution in [0.3, 0.4) is 0 Å². The number of carbonyl (C=O) groups is 2. The Balaban J connectivity index is 1.68. The molecule has 0 unspecified atom stereocenters. The summed E-state index contributed by atoms with van der Waals surface area (Å²) >= 11 is 0. The molecule has 0 bridgehead atoms. The molecule has 1 aliphatic heterocycles. The minimum Gasteiger partial charge on any atom is -0.465 e. The molecule has 2 heterocycles. The Labute approximate surface area is 150 Å². The van der Waals surface area contributed by atoms with E-state index < -0.39 is 6.09 Å². The van der Waals surface area contributed by atoms with E-state index in [0.717, 1.165) is 17.5 Å². The number of hydrogen-bond acceptors (Lipinski definition) is 6. The third-order valence-corrected chi connectivity index (χ3v) is 4.62. The Bertz CT molecular complexity index is 806. The minimum atomic E-state index is -0.867. The van der Waals surface area contributed by atoms with E-state index in [9.17, 15) is 9.59 Å². The van der Waals surface area contributed by atoms with E-state index in [4.69, 9.17) is 15.4 Å². The second-order valence-electron chi connectivity index (χ2n) is 6.55. The van der Waals surface area contributed by atoms with Crippen molar-refractivity contribution >= 4 is 28.8 Å². The number of nitrogens with one attached hydrogen (secondary N) is 1. The fourth-order valence-electron chi connectivity index (χ4n) is 3.15. The Morgan fingerprint density at radius 1 is 1.42 bits per heavy atom. The summed E-state index contributed by atoms with van der Waals surface area (Å²) in [6.07, 6.45) is -0.645. The molecule has 1 aromatic carbocycles. The van der Waals surface area contributed by atoms with Crippen molar-refractivity contribution in [2.75, 3.05) is 31.5 Å². The first-order valence-corrected chi connectivity index (χ1v) is 8.56. The first-order valence-electron chi connectivity index (χ1n) is 8.56. The summed E-state index contributed by atoms with van der Waals surface area (Å²) in [6, 6.07) is 6.01. The van der Waals surface area contributed by atoms with Crippen LogP contribution in [0, 0.1) is 0 Å². The maximum Gasteiger partial charge on any atom is 0.407 e. The predicted molar refractivity (Wildman–Crippen MR) is 95.8 cm³/mol. The molecule has 1 aromatic heterocycles. The van der Waals surface area contributed by atoms with Gasteiger partial charge in [-0.3, -0.25) is 9.69 Å². The summed E-state index contributed by atoms with van der Waals surface area (Å²) in [5, 5.41) is 17.0. The van der Waals surface area contributed by atoms with Crippen molar-refractivity contribution in [2.45, 2.75) is 25.9 Å². The number of amides is 2. The molecule has 0 saturated carbocycles. The summed E-state index contributed by atoms with van der Waals surface area (Å²) in [5.41, 5.74) is 6.90. The fourth-order valence-corrected chi connectivity index (χ4v) is 3.15. The molecular weight excluding hydrogens is 338 g/mol. The van der Waals surface area contributed by atoms with Gasteiger partial charge in [0.25, 0.3) is 0 Å². The Kier molecular flexibility index (Phi) is 5.27. The van der Waals surface area contributed by atoms with E-state index in [1.54, 1.807) is 0 Å². The average Bonchev–Trinajstić information content (AvgIpc) is 2.99. The SMILES string of the molecule is C[C@@H]1CN(C(=O)O)CCN1Cc1ccc2onc(NCCC(N)=O)c2c1. The summed E-state index contributed by atoms with van der Waals surface area (Å²) in [6.45, 7) is 4.86. The highest BCUT2D eigenvalue weighted by Gasteiger charge is 2.26. The molecule has 1 aliphatic rings. The van der Waals surface area contributed by atoms with Gasteiger partial charge in [-0.25, -0.2) is 4.79 Å². The van der Waals surface area contributed by atoms with Crippen molar-refractivity contribution in [3.63, 3.8) is 0 Å². The first-order chi connectivity index (χ1) is 12.4. The molecule has 140 valence electrons. The van der Waals surface area contributed by atoms with Crippen molar-refractivity contribution in [3.05, 3.63) is 23.8 Å². The number of carbonyl (C=O) groups excluding carboxylic acids is 1. The largest absolute Gasteiger partial charge is 0.465 e. The zero-order valence-corrected chi connectivity index (χ0v) is 14.6. The van der Waals surface area contributed by atoms with Crippen LogP contribution in [0.1, 0.15) is 18.9 Å². The highest BCUT2D eigenvalue weighted by Crippen LogP contribution is 2.25. The number of benzene rings is 1. The molecule has 1 atom stereocenters. The number of aromatic nitrogens is 1. The van der Waals surface area contributed by atoms with E-state index in [1.807, 2.05) is 25.1 Å². The van der Waals surface area contributed by atoms with Crippen molar-refractivity contribution in [3.8, 4) is 0 Å². The lowest BCUT2D eigenvalue weighted by Gasteiger charge is -2.38. The van der Waals surface area contributed by atoms with Gasteiger partial charge >= 0.3 is 6.09 Å². The monoisotopic (exact) mass is 361 g/mol. The Morgan fingerprint density at radius 2 is 2.23 bits per heavy atom. The summed E-state index contributed by atoms with van der Waals surface area (Å²) in [5.74, 6) is 0.215. The topological polar surface area (TPSA) is 125 Å². The number of nitrogens with zero attached hydrogens (tertiary/aromatic N) is 3. The predicted octanol–water partition coefficient (Wildman–Crippen LogP) is 1.30. The molecule has 1 saturated heterocycles. The van der Waals surface area contributed by atoms with E-state index in [0.29, 0.717) is 37.6 Å². The van der Waals surface area contributed by atoms with Gasteiger partial charge in [0.2, 0.25) is 5.91 Å². The van der Waals surface area contributed by atoms with Crippen LogP contribution in [0.4, 0.5) is 10.6 Å². The number of rotatable bonds is 6. The van der Waals surface area contributed by atoms with Crippen LogP contribution >= 0.6 is 0 Å². The maximum absolute atomic E-state index is 11.1. The second-order valence-corrected chi connectivity index (χ2v) is 6.55. The van der Waals surface area contributed by atoms with Gasteiger partial charge in [-0.05, 0) is 24.6 Å². The van der Waals surface area contributed by atoms with E-state index >= 15 is 0 Å². The molecule has 4 N–H and O–H groups in total. The van der Waals surface area contributed by atoms with Crippen molar-refractivity contribution in [1.29, 1.82) is 0 Å². The number of anilines is 1. The molecule has 9 nitrogen and oxygen atoms in total. The quantitative estimate of drug-likeness (QED) is 0.708. The molecule has 9 heteroatoms. The second kappa shape index (κ2) is 7.61. The molecule has 26 heavy (non-hydrogen) atoms. The van der Waals surface area contributed by atoms with Crippen molar-refractivity contribution in [2.24, 2.45) is 5.73 Å². The van der Waals surface area contributed by atoms with Crippen LogP contribution in [-0.4, -0.2) is 64.3 Å². The van der Waals surface area contributed by atoms with Crippen LogP contribution < -0.4 is 11.1 Å².